The summed E-state index contributed by atoms with van der Waals surface area (Å²) in [6.07, 6.45) is 70.7. The molecule has 0 amide bonds. The molecule has 0 heterocycles. The quantitative estimate of drug-likeness (QED) is 0.0262. The zero-order chi connectivity index (χ0) is 49.3. The van der Waals surface area contributed by atoms with Crippen molar-refractivity contribution in [1.82, 2.24) is 0 Å². The van der Waals surface area contributed by atoms with Crippen molar-refractivity contribution in [3.63, 3.8) is 0 Å². The van der Waals surface area contributed by atoms with Crippen molar-refractivity contribution >= 4 is 17.9 Å². The molecule has 0 bridgehead atoms. The minimum absolute atomic E-state index is 0.0860. The maximum absolute atomic E-state index is 12.9. The largest absolute Gasteiger partial charge is 0.462 e. The molecule has 0 aromatic heterocycles. The van der Waals surface area contributed by atoms with Gasteiger partial charge in [-0.15, -0.1) is 0 Å². The van der Waals surface area contributed by atoms with Gasteiger partial charge in [0.1, 0.15) is 13.2 Å². The molecule has 0 spiro atoms. The molecule has 0 radical (unpaired) electrons. The molecule has 68 heavy (non-hydrogen) atoms. The van der Waals surface area contributed by atoms with Crippen molar-refractivity contribution in [1.29, 1.82) is 0 Å². The Morgan fingerprint density at radius 2 is 0.529 bits per heavy atom. The molecule has 0 aliphatic carbocycles. The fraction of sp³-hybridized carbons (Fsp3) is 0.790. The van der Waals surface area contributed by atoms with Crippen LogP contribution in [0, 0.1) is 0 Å². The van der Waals surface area contributed by atoms with Crippen LogP contribution in [0.1, 0.15) is 297 Å². The van der Waals surface area contributed by atoms with Crippen LogP contribution in [0.25, 0.3) is 0 Å². The zero-order valence-electron chi connectivity index (χ0n) is 45.1. The van der Waals surface area contributed by atoms with Crippen LogP contribution in [0.4, 0.5) is 0 Å². The number of ether oxygens (including phenoxy) is 3. The van der Waals surface area contributed by atoms with E-state index in [-0.39, 0.29) is 31.1 Å². The third-order valence-corrected chi connectivity index (χ3v) is 12.7. The van der Waals surface area contributed by atoms with E-state index in [4.69, 9.17) is 14.2 Å². The maximum Gasteiger partial charge on any atom is 0.306 e. The van der Waals surface area contributed by atoms with Gasteiger partial charge in [-0.25, -0.2) is 0 Å². The summed E-state index contributed by atoms with van der Waals surface area (Å²) in [5, 5.41) is 0. The first-order chi connectivity index (χ1) is 33.5. The van der Waals surface area contributed by atoms with Crippen molar-refractivity contribution in [2.24, 2.45) is 0 Å². The van der Waals surface area contributed by atoms with Gasteiger partial charge in [0.2, 0.25) is 0 Å². The first kappa shape index (κ1) is 65.1. The molecule has 6 nitrogen and oxygen atoms in total. The van der Waals surface area contributed by atoms with Crippen LogP contribution in [0.3, 0.4) is 0 Å². The summed E-state index contributed by atoms with van der Waals surface area (Å²) < 4.78 is 16.9. The fourth-order valence-electron chi connectivity index (χ4n) is 8.30. The normalized spacial score (nSPS) is 12.5. The van der Waals surface area contributed by atoms with Gasteiger partial charge >= 0.3 is 17.9 Å². The Balaban J connectivity index is 4.40. The average Bonchev–Trinajstić information content (AvgIpc) is 3.34. The predicted octanol–water partition coefficient (Wildman–Crippen LogP) is 19.6. The summed E-state index contributed by atoms with van der Waals surface area (Å²) in [5.41, 5.74) is 0. The van der Waals surface area contributed by atoms with Crippen LogP contribution in [-0.2, 0) is 28.6 Å². The van der Waals surface area contributed by atoms with Gasteiger partial charge in [-0.1, -0.05) is 248 Å². The third kappa shape index (κ3) is 54.1. The minimum atomic E-state index is -0.790. The maximum atomic E-state index is 12.9. The van der Waals surface area contributed by atoms with Crippen LogP contribution in [0.5, 0.6) is 0 Å². The highest BCUT2D eigenvalue weighted by atomic mass is 16.6. The Labute approximate surface area is 421 Å². The number of unbranched alkanes of at least 4 members (excludes halogenated alkanes) is 32. The van der Waals surface area contributed by atoms with E-state index in [2.05, 4.69) is 81.5 Å². The van der Waals surface area contributed by atoms with E-state index in [0.717, 1.165) is 77.0 Å². The van der Waals surface area contributed by atoms with E-state index in [1.807, 2.05) is 0 Å². The van der Waals surface area contributed by atoms with Crippen LogP contribution in [-0.4, -0.2) is 37.2 Å². The van der Waals surface area contributed by atoms with Gasteiger partial charge in [0.15, 0.2) is 6.10 Å². The first-order valence-corrected chi connectivity index (χ1v) is 29.3. The molecule has 0 fully saturated rings. The topological polar surface area (TPSA) is 78.9 Å². The molecule has 1 atom stereocenters. The standard InChI is InChI=1S/C62H110O6/c1-4-7-10-13-16-19-22-25-28-30-31-32-35-37-40-43-46-49-52-55-61(64)67-58-59(57-66-60(63)54-51-48-45-42-39-36-33-27-24-21-18-15-12-9-6-3)68-62(65)56-53-50-47-44-41-38-34-29-26-23-20-17-14-11-8-5-2/h16,18-19,21,25,27-28,33,39,42,59H,4-15,17,20,22-24,26,29-32,34-38,40-41,43-58H2,1-3H3/b19-16-,21-18-,28-25-,33-27-,42-39-/t59-/m1/s1. The van der Waals surface area contributed by atoms with Gasteiger partial charge in [-0.3, -0.25) is 14.4 Å². The molecular formula is C62H110O6. The van der Waals surface area contributed by atoms with Gasteiger partial charge < -0.3 is 14.2 Å². The lowest BCUT2D eigenvalue weighted by Gasteiger charge is -2.18. The number of carbonyl (C=O) groups is 3. The van der Waals surface area contributed by atoms with E-state index >= 15 is 0 Å². The molecule has 0 saturated carbocycles. The highest BCUT2D eigenvalue weighted by Crippen LogP contribution is 2.16. The molecule has 0 aromatic carbocycles. The van der Waals surface area contributed by atoms with Crippen molar-refractivity contribution in [3.05, 3.63) is 60.8 Å². The number of rotatable bonds is 53. The highest BCUT2D eigenvalue weighted by Gasteiger charge is 2.19. The van der Waals surface area contributed by atoms with E-state index in [1.165, 1.54) is 180 Å². The van der Waals surface area contributed by atoms with E-state index in [1.54, 1.807) is 0 Å². The number of allylic oxidation sites excluding steroid dienone is 10. The third-order valence-electron chi connectivity index (χ3n) is 12.7. The molecule has 0 unspecified atom stereocenters. The Kier molecular flexibility index (Phi) is 54.3. The van der Waals surface area contributed by atoms with E-state index < -0.39 is 6.10 Å². The van der Waals surface area contributed by atoms with Gasteiger partial charge in [0.25, 0.3) is 0 Å². The molecular weight excluding hydrogens is 841 g/mol. The van der Waals surface area contributed by atoms with Gasteiger partial charge in [0.05, 0.1) is 0 Å². The van der Waals surface area contributed by atoms with Crippen molar-refractivity contribution < 1.29 is 28.6 Å². The molecule has 0 aliphatic heterocycles. The molecule has 0 aromatic rings. The predicted molar refractivity (Wildman–Crippen MR) is 293 cm³/mol. The molecule has 0 saturated heterocycles. The lowest BCUT2D eigenvalue weighted by atomic mass is 10.0. The van der Waals surface area contributed by atoms with Crippen LogP contribution >= 0.6 is 0 Å². The Hall–Kier alpha value is -2.89. The Morgan fingerprint density at radius 3 is 0.882 bits per heavy atom. The van der Waals surface area contributed by atoms with Crippen molar-refractivity contribution in [3.8, 4) is 0 Å². The first-order valence-electron chi connectivity index (χ1n) is 29.3. The Bertz CT molecular complexity index is 1230. The number of esters is 3. The fourth-order valence-corrected chi connectivity index (χ4v) is 8.30. The summed E-state index contributed by atoms with van der Waals surface area (Å²) in [6.45, 7) is 6.58. The average molecular weight is 952 g/mol. The number of hydrogen-bond acceptors (Lipinski definition) is 6. The van der Waals surface area contributed by atoms with E-state index in [0.29, 0.717) is 19.3 Å². The second kappa shape index (κ2) is 56.7. The lowest BCUT2D eigenvalue weighted by molar-refractivity contribution is -0.167. The monoisotopic (exact) mass is 951 g/mol. The van der Waals surface area contributed by atoms with Gasteiger partial charge in [-0.2, -0.15) is 0 Å². The molecule has 6 heteroatoms. The zero-order valence-corrected chi connectivity index (χ0v) is 45.1. The summed E-state index contributed by atoms with van der Waals surface area (Å²) in [7, 11) is 0. The van der Waals surface area contributed by atoms with Crippen LogP contribution in [0.2, 0.25) is 0 Å². The second-order valence-electron chi connectivity index (χ2n) is 19.6. The van der Waals surface area contributed by atoms with E-state index in [9.17, 15) is 14.4 Å². The molecule has 0 N–H and O–H groups in total. The summed E-state index contributed by atoms with van der Waals surface area (Å²) in [4.78, 5) is 38.2. The smallest absolute Gasteiger partial charge is 0.306 e. The highest BCUT2D eigenvalue weighted by molar-refractivity contribution is 5.71. The second-order valence-corrected chi connectivity index (χ2v) is 19.6. The summed E-state index contributed by atoms with van der Waals surface area (Å²) >= 11 is 0. The van der Waals surface area contributed by atoms with Gasteiger partial charge in [0, 0.05) is 19.3 Å². The van der Waals surface area contributed by atoms with Crippen molar-refractivity contribution in [2.45, 2.75) is 303 Å². The van der Waals surface area contributed by atoms with Crippen LogP contribution in [0.15, 0.2) is 60.8 Å². The van der Waals surface area contributed by atoms with Crippen LogP contribution < -0.4 is 0 Å². The number of carbonyl (C=O) groups excluding carboxylic acids is 3. The molecule has 0 aliphatic rings. The lowest BCUT2D eigenvalue weighted by Crippen LogP contribution is -2.30. The number of hydrogen-bond donors (Lipinski definition) is 0. The SMILES string of the molecule is CCCCC/C=C\C/C=C\C/C=C\CCCCC(=O)OC[C@H](COC(=O)CCCCCCCCCCC/C=C\C/C=C\CCCCC)OC(=O)CCCCCCCCCCCCCCCCCC. The summed E-state index contributed by atoms with van der Waals surface area (Å²) in [5.74, 6) is -0.916. The van der Waals surface area contributed by atoms with Crippen molar-refractivity contribution in [2.75, 3.05) is 13.2 Å². The summed E-state index contributed by atoms with van der Waals surface area (Å²) in [6, 6.07) is 0. The molecule has 394 valence electrons. The Morgan fingerprint density at radius 1 is 0.294 bits per heavy atom. The van der Waals surface area contributed by atoms with Gasteiger partial charge in [-0.05, 0) is 89.9 Å². The molecule has 0 rings (SSSR count). The minimum Gasteiger partial charge on any atom is -0.462 e.